The lowest BCUT2D eigenvalue weighted by Gasteiger charge is -2.44. The zero-order chi connectivity index (χ0) is 15.1. The van der Waals surface area contributed by atoms with Crippen molar-refractivity contribution < 1.29 is 19.8 Å². The molecule has 1 aromatic carbocycles. The highest BCUT2D eigenvalue weighted by Crippen LogP contribution is 2.31. The van der Waals surface area contributed by atoms with Crippen molar-refractivity contribution in [2.45, 2.75) is 19.4 Å². The van der Waals surface area contributed by atoms with Gasteiger partial charge in [0.05, 0.1) is 5.69 Å². The van der Waals surface area contributed by atoms with Crippen molar-refractivity contribution in [1.82, 2.24) is 4.90 Å². The first-order valence-electron chi connectivity index (χ1n) is 6.16. The van der Waals surface area contributed by atoms with Crippen molar-refractivity contribution in [3.63, 3.8) is 0 Å². The Bertz CT molecular complexity index is 571. The molecule has 1 saturated heterocycles. The highest BCUT2D eigenvalue weighted by Gasteiger charge is 2.44. The van der Waals surface area contributed by atoms with Crippen LogP contribution in [-0.2, 0) is 4.79 Å². The lowest BCUT2D eigenvalue weighted by atomic mass is 9.97. The summed E-state index contributed by atoms with van der Waals surface area (Å²) in [7, 11) is 0. The number of hydrogen-bond acceptors (Lipinski definition) is 4. The van der Waals surface area contributed by atoms with Crippen molar-refractivity contribution in [1.29, 1.82) is 0 Å². The van der Waals surface area contributed by atoms with Crippen LogP contribution in [0.25, 0.3) is 0 Å². The fourth-order valence-corrected chi connectivity index (χ4v) is 2.31. The van der Waals surface area contributed by atoms with Gasteiger partial charge in [0.25, 0.3) is 5.91 Å². The first-order chi connectivity index (χ1) is 9.25. The van der Waals surface area contributed by atoms with Gasteiger partial charge < -0.3 is 20.8 Å². The molecular formula is C13H17N3O4. The summed E-state index contributed by atoms with van der Waals surface area (Å²) in [5, 5.41) is 18.7. The number of carbonyl (C=O) groups is 2. The lowest BCUT2D eigenvalue weighted by molar-refractivity contribution is -0.130. The Balaban J connectivity index is 2.34. The number of carbonyl (C=O) groups excluding carboxylic acids is 1. The van der Waals surface area contributed by atoms with Crippen LogP contribution in [0.1, 0.15) is 13.8 Å². The second-order valence-corrected chi connectivity index (χ2v) is 5.19. The molecule has 1 fully saturated rings. The number of hydrogen-bond donors (Lipinski definition) is 3. The summed E-state index contributed by atoms with van der Waals surface area (Å²) >= 11 is 0. The molecule has 0 aromatic heterocycles. The molecule has 7 nitrogen and oxygen atoms in total. The zero-order valence-corrected chi connectivity index (χ0v) is 11.3. The number of aromatic hydroxyl groups is 1. The second-order valence-electron chi connectivity index (χ2n) is 5.19. The first-order valence-corrected chi connectivity index (χ1v) is 6.16. The Morgan fingerprint density at radius 3 is 2.55 bits per heavy atom. The Morgan fingerprint density at radius 2 is 2.00 bits per heavy atom. The number of rotatable bonds is 1. The highest BCUT2D eigenvalue weighted by molar-refractivity contribution is 6.02. The van der Waals surface area contributed by atoms with E-state index in [9.17, 15) is 14.7 Å². The summed E-state index contributed by atoms with van der Waals surface area (Å²) in [6.45, 7) is 3.57. The van der Waals surface area contributed by atoms with E-state index in [4.69, 9.17) is 10.8 Å². The van der Waals surface area contributed by atoms with Gasteiger partial charge in [-0.2, -0.15) is 0 Å². The SMILES string of the molecule is CC1(C)C(=O)N(c2ccc(N)c(O)c2)CCN1C(=O)O. The van der Waals surface area contributed by atoms with E-state index in [1.165, 1.54) is 17.0 Å². The van der Waals surface area contributed by atoms with Gasteiger partial charge in [-0.3, -0.25) is 9.69 Å². The molecular weight excluding hydrogens is 262 g/mol. The Morgan fingerprint density at radius 1 is 1.35 bits per heavy atom. The molecule has 0 spiro atoms. The summed E-state index contributed by atoms with van der Waals surface area (Å²) in [6.07, 6.45) is -1.12. The van der Waals surface area contributed by atoms with Gasteiger partial charge in [0, 0.05) is 24.8 Å². The van der Waals surface area contributed by atoms with Crippen molar-refractivity contribution in [2.75, 3.05) is 23.7 Å². The molecule has 0 bridgehead atoms. The maximum atomic E-state index is 12.5. The largest absolute Gasteiger partial charge is 0.506 e. The third-order valence-corrected chi connectivity index (χ3v) is 3.55. The lowest BCUT2D eigenvalue weighted by Crippen LogP contribution is -2.64. The van der Waals surface area contributed by atoms with Crippen LogP contribution in [0, 0.1) is 0 Å². The van der Waals surface area contributed by atoms with E-state index in [0.717, 1.165) is 4.90 Å². The summed E-state index contributed by atoms with van der Waals surface area (Å²) in [4.78, 5) is 26.2. The molecule has 1 heterocycles. The van der Waals surface area contributed by atoms with Crippen molar-refractivity contribution >= 4 is 23.4 Å². The van der Waals surface area contributed by atoms with E-state index in [0.29, 0.717) is 5.69 Å². The number of phenolic OH excluding ortho intramolecular Hbond substituents is 1. The maximum Gasteiger partial charge on any atom is 0.408 e. The third kappa shape index (κ3) is 2.11. The van der Waals surface area contributed by atoms with Crippen molar-refractivity contribution in [2.24, 2.45) is 0 Å². The number of benzene rings is 1. The van der Waals surface area contributed by atoms with Crippen LogP contribution in [0.4, 0.5) is 16.2 Å². The Hall–Kier alpha value is -2.44. The van der Waals surface area contributed by atoms with Gasteiger partial charge in [-0.1, -0.05) is 0 Å². The average Bonchev–Trinajstić information content (AvgIpc) is 2.35. The molecule has 0 radical (unpaired) electrons. The second kappa shape index (κ2) is 4.59. The fourth-order valence-electron chi connectivity index (χ4n) is 2.31. The zero-order valence-electron chi connectivity index (χ0n) is 11.3. The molecule has 1 aliphatic heterocycles. The third-order valence-electron chi connectivity index (χ3n) is 3.55. The maximum absolute atomic E-state index is 12.5. The van der Waals surface area contributed by atoms with Crippen molar-refractivity contribution in [3.8, 4) is 5.75 Å². The summed E-state index contributed by atoms with van der Waals surface area (Å²) in [5.74, 6) is -0.441. The molecule has 0 unspecified atom stereocenters. The minimum absolute atomic E-state index is 0.103. The average molecular weight is 279 g/mol. The topological polar surface area (TPSA) is 107 Å². The molecule has 2 amide bonds. The van der Waals surface area contributed by atoms with Gasteiger partial charge in [-0.15, -0.1) is 0 Å². The summed E-state index contributed by atoms with van der Waals surface area (Å²) < 4.78 is 0. The molecule has 2 rings (SSSR count). The van der Waals surface area contributed by atoms with Gasteiger partial charge >= 0.3 is 6.09 Å². The number of piperazine rings is 1. The van der Waals surface area contributed by atoms with Crippen LogP contribution < -0.4 is 10.6 Å². The monoisotopic (exact) mass is 279 g/mol. The van der Waals surface area contributed by atoms with Crippen LogP contribution in [0.3, 0.4) is 0 Å². The van der Waals surface area contributed by atoms with E-state index in [1.54, 1.807) is 19.9 Å². The van der Waals surface area contributed by atoms with Gasteiger partial charge in [-0.05, 0) is 26.0 Å². The number of amides is 2. The first kappa shape index (κ1) is 14.0. The van der Waals surface area contributed by atoms with Gasteiger partial charge in [0.2, 0.25) is 0 Å². The van der Waals surface area contributed by atoms with E-state index < -0.39 is 11.6 Å². The van der Waals surface area contributed by atoms with Crippen LogP contribution in [-0.4, -0.2) is 45.7 Å². The molecule has 20 heavy (non-hydrogen) atoms. The van der Waals surface area contributed by atoms with Crippen LogP contribution >= 0.6 is 0 Å². The highest BCUT2D eigenvalue weighted by atomic mass is 16.4. The number of anilines is 2. The predicted molar refractivity (Wildman–Crippen MR) is 73.7 cm³/mol. The normalized spacial score (nSPS) is 18.2. The fraction of sp³-hybridized carbons (Fsp3) is 0.385. The van der Waals surface area contributed by atoms with Crippen LogP contribution in [0.15, 0.2) is 18.2 Å². The van der Waals surface area contributed by atoms with Crippen LogP contribution in [0.5, 0.6) is 5.75 Å². The molecule has 0 atom stereocenters. The molecule has 0 saturated carbocycles. The Kier molecular flexibility index (Phi) is 3.21. The number of nitrogen functional groups attached to an aromatic ring is 1. The molecule has 7 heteroatoms. The quantitative estimate of drug-likeness (QED) is 0.526. The van der Waals surface area contributed by atoms with Crippen LogP contribution in [0.2, 0.25) is 0 Å². The minimum Gasteiger partial charge on any atom is -0.506 e. The van der Waals surface area contributed by atoms with E-state index >= 15 is 0 Å². The number of nitrogens with zero attached hydrogens (tertiary/aromatic N) is 2. The number of phenols is 1. The molecule has 1 aliphatic rings. The number of carboxylic acid groups (broad SMARTS) is 1. The minimum atomic E-state index is -1.15. The molecule has 1 aromatic rings. The summed E-state index contributed by atoms with van der Waals surface area (Å²) in [5.41, 5.74) is 5.10. The van der Waals surface area contributed by atoms with Gasteiger partial charge in [0.1, 0.15) is 11.3 Å². The molecule has 4 N–H and O–H groups in total. The Labute approximate surface area is 116 Å². The van der Waals surface area contributed by atoms with E-state index in [2.05, 4.69) is 0 Å². The molecule has 0 aliphatic carbocycles. The molecule has 108 valence electrons. The smallest absolute Gasteiger partial charge is 0.408 e. The van der Waals surface area contributed by atoms with E-state index in [-0.39, 0.29) is 30.4 Å². The van der Waals surface area contributed by atoms with Gasteiger partial charge in [0.15, 0.2) is 0 Å². The van der Waals surface area contributed by atoms with Crippen molar-refractivity contribution in [3.05, 3.63) is 18.2 Å². The van der Waals surface area contributed by atoms with Gasteiger partial charge in [-0.25, -0.2) is 4.79 Å². The predicted octanol–water partition coefficient (Wildman–Crippen LogP) is 1.08. The standard InChI is InChI=1S/C13H17N3O4/c1-13(2)11(18)15(5-6-16(13)12(19)20)8-3-4-9(14)10(17)7-8/h3-4,7,17H,5-6,14H2,1-2H3,(H,19,20). The summed E-state index contributed by atoms with van der Waals surface area (Å²) in [6, 6.07) is 4.54. The number of nitrogens with two attached hydrogens (primary N) is 1. The van der Waals surface area contributed by atoms with E-state index in [1.807, 2.05) is 0 Å².